The van der Waals surface area contributed by atoms with Crippen LogP contribution < -0.4 is 0 Å². The van der Waals surface area contributed by atoms with Crippen molar-refractivity contribution in [2.75, 3.05) is 20.6 Å². The van der Waals surface area contributed by atoms with Crippen molar-refractivity contribution in [3.05, 3.63) is 70.3 Å². The number of fused-ring (bicyclic) bond motifs is 1. The molecule has 0 N–H and O–H groups in total. The van der Waals surface area contributed by atoms with Crippen LogP contribution in [0.3, 0.4) is 0 Å². The molecule has 3 rings (SSSR count). The van der Waals surface area contributed by atoms with Gasteiger partial charge in [-0.15, -0.1) is 0 Å². The minimum absolute atomic E-state index is 0.0257. The molecule has 5 nitrogen and oxygen atoms in total. The summed E-state index contributed by atoms with van der Waals surface area (Å²) >= 11 is 0. The molecule has 0 spiro atoms. The van der Waals surface area contributed by atoms with Gasteiger partial charge in [0.1, 0.15) is 0 Å². The number of benzene rings is 2. The van der Waals surface area contributed by atoms with Crippen LogP contribution in [-0.2, 0) is 24.2 Å². The Bertz CT molecular complexity index is 948. The molecule has 2 amide bonds. The number of ketones is 1. The molecule has 31 heavy (non-hydrogen) atoms. The molecule has 1 aliphatic rings. The van der Waals surface area contributed by atoms with Gasteiger partial charge in [0.25, 0.3) is 5.91 Å². The van der Waals surface area contributed by atoms with Gasteiger partial charge in [0, 0.05) is 51.2 Å². The van der Waals surface area contributed by atoms with E-state index in [0.717, 1.165) is 24.0 Å². The molecule has 164 valence electrons. The smallest absolute Gasteiger partial charge is 0.253 e. The number of aryl methyl sites for hydroxylation is 2. The second kappa shape index (κ2) is 10.4. The first-order valence-electron chi connectivity index (χ1n) is 11.1. The summed E-state index contributed by atoms with van der Waals surface area (Å²) < 4.78 is 0. The zero-order valence-electron chi connectivity index (χ0n) is 18.8. The molecule has 0 heterocycles. The van der Waals surface area contributed by atoms with Crippen molar-refractivity contribution in [1.29, 1.82) is 0 Å². The summed E-state index contributed by atoms with van der Waals surface area (Å²) in [5.74, 6) is -0.0396. The summed E-state index contributed by atoms with van der Waals surface area (Å²) in [6.07, 6.45) is 4.97. The van der Waals surface area contributed by atoms with Crippen molar-refractivity contribution in [3.63, 3.8) is 0 Å². The zero-order valence-corrected chi connectivity index (χ0v) is 18.8. The first-order valence-corrected chi connectivity index (χ1v) is 11.1. The summed E-state index contributed by atoms with van der Waals surface area (Å²) in [7, 11) is 3.44. The molecule has 0 bridgehead atoms. The number of hydrogen-bond acceptors (Lipinski definition) is 3. The van der Waals surface area contributed by atoms with Gasteiger partial charge in [-0.25, -0.2) is 0 Å². The van der Waals surface area contributed by atoms with Gasteiger partial charge in [-0.2, -0.15) is 0 Å². The second-order valence-corrected chi connectivity index (χ2v) is 8.42. The van der Waals surface area contributed by atoms with Crippen molar-refractivity contribution in [2.24, 2.45) is 0 Å². The number of amides is 2. The lowest BCUT2D eigenvalue weighted by molar-refractivity contribution is -0.131. The minimum Gasteiger partial charge on any atom is -0.345 e. The largest absolute Gasteiger partial charge is 0.345 e. The maximum Gasteiger partial charge on any atom is 0.253 e. The third-order valence-corrected chi connectivity index (χ3v) is 5.95. The van der Waals surface area contributed by atoms with E-state index in [1.165, 1.54) is 28.9 Å². The monoisotopic (exact) mass is 420 g/mol. The van der Waals surface area contributed by atoms with E-state index < -0.39 is 0 Å². The van der Waals surface area contributed by atoms with Crippen LogP contribution in [0.4, 0.5) is 0 Å². The second-order valence-electron chi connectivity index (χ2n) is 8.42. The lowest BCUT2D eigenvalue weighted by Gasteiger charge is -2.21. The quantitative estimate of drug-likeness (QED) is 0.599. The normalized spacial score (nSPS) is 12.7. The van der Waals surface area contributed by atoms with Gasteiger partial charge in [-0.05, 0) is 67.5 Å². The Morgan fingerprint density at radius 1 is 0.839 bits per heavy atom. The predicted molar refractivity (Wildman–Crippen MR) is 122 cm³/mol. The van der Waals surface area contributed by atoms with Crippen molar-refractivity contribution in [3.8, 4) is 0 Å². The Hall–Kier alpha value is -2.95. The molecular weight excluding hydrogens is 388 g/mol. The van der Waals surface area contributed by atoms with Gasteiger partial charge in [0.05, 0.1) is 0 Å². The standard InChI is InChI=1S/C26H32N2O3/c1-4-28(18-19-9-11-21(12-10-19)26(31)27(2)3)25(30)16-15-24(29)23-14-13-20-7-5-6-8-22(20)17-23/h9-14,17H,4-8,15-16,18H2,1-3H3. The molecule has 0 aromatic heterocycles. The molecule has 5 heteroatoms. The number of rotatable bonds is 8. The summed E-state index contributed by atoms with van der Waals surface area (Å²) in [5, 5.41) is 0. The van der Waals surface area contributed by atoms with E-state index in [1.54, 1.807) is 31.1 Å². The molecule has 2 aromatic carbocycles. The Balaban J connectivity index is 1.56. The summed E-state index contributed by atoms with van der Waals surface area (Å²) in [4.78, 5) is 40.7. The summed E-state index contributed by atoms with van der Waals surface area (Å²) in [6.45, 7) is 2.98. The fraction of sp³-hybridized carbons (Fsp3) is 0.423. The van der Waals surface area contributed by atoms with Gasteiger partial charge in [0.15, 0.2) is 5.78 Å². The molecule has 0 aliphatic heterocycles. The third-order valence-electron chi connectivity index (χ3n) is 5.95. The maximum atomic E-state index is 12.7. The van der Waals surface area contributed by atoms with Crippen LogP contribution in [0.2, 0.25) is 0 Å². The van der Waals surface area contributed by atoms with E-state index >= 15 is 0 Å². The third kappa shape index (κ3) is 5.81. The molecule has 2 aromatic rings. The maximum absolute atomic E-state index is 12.7. The first kappa shape index (κ1) is 22.7. The van der Waals surface area contributed by atoms with E-state index in [2.05, 4.69) is 6.07 Å². The van der Waals surface area contributed by atoms with E-state index in [0.29, 0.717) is 18.7 Å². The highest BCUT2D eigenvalue weighted by molar-refractivity contribution is 5.98. The SMILES string of the molecule is CCN(Cc1ccc(C(=O)N(C)C)cc1)C(=O)CCC(=O)c1ccc2c(c1)CCCC2. The van der Waals surface area contributed by atoms with Crippen LogP contribution in [0.1, 0.15) is 70.0 Å². The number of Topliss-reactive ketones (excluding diaryl/α,β-unsaturated/α-hetero) is 1. The van der Waals surface area contributed by atoms with Gasteiger partial charge in [-0.3, -0.25) is 14.4 Å². The van der Waals surface area contributed by atoms with Crippen LogP contribution in [0.15, 0.2) is 42.5 Å². The fourth-order valence-electron chi connectivity index (χ4n) is 4.04. The van der Waals surface area contributed by atoms with Gasteiger partial charge < -0.3 is 9.80 Å². The van der Waals surface area contributed by atoms with Gasteiger partial charge in [-0.1, -0.05) is 24.3 Å². The summed E-state index contributed by atoms with van der Waals surface area (Å²) in [6, 6.07) is 13.3. The van der Waals surface area contributed by atoms with Crippen molar-refractivity contribution < 1.29 is 14.4 Å². The molecule has 0 radical (unpaired) electrons. The number of carbonyl (C=O) groups excluding carboxylic acids is 3. The average molecular weight is 421 g/mol. The van der Waals surface area contributed by atoms with Crippen molar-refractivity contribution >= 4 is 17.6 Å². The average Bonchev–Trinajstić information content (AvgIpc) is 2.80. The zero-order chi connectivity index (χ0) is 22.4. The first-order chi connectivity index (χ1) is 14.9. The molecular formula is C26H32N2O3. The number of hydrogen-bond donors (Lipinski definition) is 0. The Morgan fingerprint density at radius 2 is 1.48 bits per heavy atom. The van der Waals surface area contributed by atoms with Crippen LogP contribution >= 0.6 is 0 Å². The molecule has 0 saturated heterocycles. The predicted octanol–water partition coefficient (Wildman–Crippen LogP) is 4.28. The van der Waals surface area contributed by atoms with Gasteiger partial charge >= 0.3 is 0 Å². The number of carbonyl (C=O) groups is 3. The molecule has 0 atom stereocenters. The molecule has 0 saturated carbocycles. The van der Waals surface area contributed by atoms with E-state index in [1.807, 2.05) is 31.2 Å². The Labute approximate surface area is 185 Å². The highest BCUT2D eigenvalue weighted by atomic mass is 16.2. The highest BCUT2D eigenvalue weighted by Gasteiger charge is 2.17. The minimum atomic E-state index is -0.0457. The van der Waals surface area contributed by atoms with E-state index in [4.69, 9.17) is 0 Å². The fourth-order valence-corrected chi connectivity index (χ4v) is 4.04. The van der Waals surface area contributed by atoms with Crippen molar-refractivity contribution in [2.45, 2.75) is 52.0 Å². The van der Waals surface area contributed by atoms with Crippen LogP contribution in [-0.4, -0.2) is 48.0 Å². The lowest BCUT2D eigenvalue weighted by Crippen LogP contribution is -2.30. The Morgan fingerprint density at radius 3 is 2.13 bits per heavy atom. The van der Waals surface area contributed by atoms with Crippen LogP contribution in [0.5, 0.6) is 0 Å². The number of nitrogens with zero attached hydrogens (tertiary/aromatic N) is 2. The van der Waals surface area contributed by atoms with E-state index in [9.17, 15) is 14.4 Å². The lowest BCUT2D eigenvalue weighted by atomic mass is 9.89. The topological polar surface area (TPSA) is 57.7 Å². The molecule has 0 fully saturated rings. The molecule has 0 unspecified atom stereocenters. The van der Waals surface area contributed by atoms with Crippen molar-refractivity contribution in [1.82, 2.24) is 9.80 Å². The summed E-state index contributed by atoms with van der Waals surface area (Å²) in [5.41, 5.74) is 4.95. The molecule has 1 aliphatic carbocycles. The highest BCUT2D eigenvalue weighted by Crippen LogP contribution is 2.23. The van der Waals surface area contributed by atoms with Crippen LogP contribution in [0, 0.1) is 0 Å². The Kier molecular flexibility index (Phi) is 7.61. The van der Waals surface area contributed by atoms with E-state index in [-0.39, 0.29) is 30.4 Å². The van der Waals surface area contributed by atoms with Gasteiger partial charge in [0.2, 0.25) is 5.91 Å². The van der Waals surface area contributed by atoms with Crippen LogP contribution in [0.25, 0.3) is 0 Å².